The first-order valence-corrected chi connectivity index (χ1v) is 5.29. The fraction of sp³-hybridized carbons (Fsp3) is 0.0833. The summed E-state index contributed by atoms with van der Waals surface area (Å²) in [6, 6.07) is 6.99. The van der Waals surface area contributed by atoms with E-state index in [9.17, 15) is 14.0 Å². The minimum absolute atomic E-state index is 0.0270. The average Bonchev–Trinajstić information content (AvgIpc) is 2.87. The molecule has 0 saturated heterocycles. The van der Waals surface area contributed by atoms with E-state index in [1.165, 1.54) is 18.2 Å². The molecule has 6 nitrogen and oxygen atoms in total. The van der Waals surface area contributed by atoms with Crippen molar-refractivity contribution in [2.75, 3.05) is 0 Å². The van der Waals surface area contributed by atoms with Gasteiger partial charge in [-0.15, -0.1) is 0 Å². The first-order chi connectivity index (χ1) is 9.08. The minimum Gasteiger partial charge on any atom is -0.475 e. The number of hydrogen-bond donors (Lipinski definition) is 2. The summed E-state index contributed by atoms with van der Waals surface area (Å²) in [7, 11) is 0. The maximum atomic E-state index is 13.3. The molecular formula is C12H9FN2O4. The lowest BCUT2D eigenvalue weighted by molar-refractivity contribution is 0.0651. The van der Waals surface area contributed by atoms with Crippen molar-refractivity contribution < 1.29 is 23.6 Å². The van der Waals surface area contributed by atoms with Crippen molar-refractivity contribution in [2.45, 2.75) is 6.54 Å². The fourth-order valence-corrected chi connectivity index (χ4v) is 1.39. The third-order valence-electron chi connectivity index (χ3n) is 2.35. The molecule has 0 saturated carbocycles. The third-order valence-corrected chi connectivity index (χ3v) is 2.35. The lowest BCUT2D eigenvalue weighted by Gasteiger charge is -2.03. The molecule has 98 valence electrons. The van der Waals surface area contributed by atoms with Gasteiger partial charge in [0.15, 0.2) is 5.69 Å². The van der Waals surface area contributed by atoms with Gasteiger partial charge in [0.1, 0.15) is 5.82 Å². The van der Waals surface area contributed by atoms with Crippen LogP contribution in [0.15, 0.2) is 34.9 Å². The topological polar surface area (TPSA) is 92.4 Å². The van der Waals surface area contributed by atoms with Crippen LogP contribution >= 0.6 is 0 Å². The first-order valence-electron chi connectivity index (χ1n) is 5.29. The quantitative estimate of drug-likeness (QED) is 0.871. The highest BCUT2D eigenvalue weighted by Gasteiger charge is 2.16. The van der Waals surface area contributed by atoms with Gasteiger partial charge in [0.05, 0.1) is 0 Å². The molecule has 2 N–H and O–H groups in total. The van der Waals surface area contributed by atoms with Gasteiger partial charge in [-0.05, 0) is 6.07 Å². The van der Waals surface area contributed by atoms with E-state index in [1.54, 1.807) is 6.07 Å². The Morgan fingerprint density at radius 2 is 2.11 bits per heavy atom. The maximum Gasteiger partial charge on any atom is 0.374 e. The summed E-state index contributed by atoms with van der Waals surface area (Å²) in [6.45, 7) is -0.0270. The van der Waals surface area contributed by atoms with Crippen LogP contribution in [0.4, 0.5) is 4.39 Å². The van der Waals surface area contributed by atoms with Crippen LogP contribution in [0, 0.1) is 5.82 Å². The zero-order chi connectivity index (χ0) is 13.8. The van der Waals surface area contributed by atoms with Gasteiger partial charge < -0.3 is 14.9 Å². The third kappa shape index (κ3) is 2.95. The molecular weight excluding hydrogens is 255 g/mol. The maximum absolute atomic E-state index is 13.3. The number of aromatic carboxylic acids is 1. The molecule has 1 amide bonds. The number of amides is 1. The number of carboxylic acid groups (broad SMARTS) is 1. The number of carboxylic acids is 1. The molecule has 7 heteroatoms. The van der Waals surface area contributed by atoms with Crippen LogP contribution < -0.4 is 5.32 Å². The van der Waals surface area contributed by atoms with Gasteiger partial charge in [0.25, 0.3) is 5.91 Å². The van der Waals surface area contributed by atoms with Crippen LogP contribution in [-0.2, 0) is 6.54 Å². The molecule has 19 heavy (non-hydrogen) atoms. The summed E-state index contributed by atoms with van der Waals surface area (Å²) in [6.07, 6.45) is 0. The van der Waals surface area contributed by atoms with Crippen molar-refractivity contribution >= 4 is 11.9 Å². The second kappa shape index (κ2) is 5.30. The van der Waals surface area contributed by atoms with Crippen molar-refractivity contribution in [3.63, 3.8) is 0 Å². The van der Waals surface area contributed by atoms with Crippen LogP contribution in [0.1, 0.15) is 26.6 Å². The van der Waals surface area contributed by atoms with Crippen molar-refractivity contribution in [2.24, 2.45) is 0 Å². The highest BCUT2D eigenvalue weighted by molar-refractivity contribution is 5.94. The molecule has 2 rings (SSSR count). The van der Waals surface area contributed by atoms with E-state index in [-0.39, 0.29) is 12.2 Å². The second-order valence-electron chi connectivity index (χ2n) is 3.66. The second-order valence-corrected chi connectivity index (χ2v) is 3.66. The molecule has 0 atom stereocenters. The van der Waals surface area contributed by atoms with Crippen molar-refractivity contribution in [3.05, 3.63) is 53.2 Å². The number of carbonyl (C=O) groups is 2. The number of halogens is 1. The zero-order valence-electron chi connectivity index (χ0n) is 9.59. The predicted octanol–water partition coefficient (Wildman–Crippen LogP) is 1.44. The molecule has 0 bridgehead atoms. The summed E-state index contributed by atoms with van der Waals surface area (Å²) < 4.78 is 17.7. The summed E-state index contributed by atoms with van der Waals surface area (Å²) in [5.74, 6) is -2.83. The van der Waals surface area contributed by atoms with E-state index >= 15 is 0 Å². The molecule has 0 unspecified atom stereocenters. The van der Waals surface area contributed by atoms with Crippen LogP contribution in [0.3, 0.4) is 0 Å². The Labute approximate surface area is 106 Å². The number of nitrogens with zero attached hydrogens (tertiary/aromatic N) is 1. The summed E-state index contributed by atoms with van der Waals surface area (Å²) in [5, 5.41) is 14.3. The molecule has 1 heterocycles. The number of carbonyl (C=O) groups excluding carboxylic acids is 1. The molecule has 2 aromatic rings. The predicted molar refractivity (Wildman–Crippen MR) is 61.0 cm³/mol. The van der Waals surface area contributed by atoms with E-state index in [1.807, 2.05) is 0 Å². The summed E-state index contributed by atoms with van der Waals surface area (Å²) in [4.78, 5) is 22.2. The zero-order valence-corrected chi connectivity index (χ0v) is 9.59. The monoisotopic (exact) mass is 264 g/mol. The Balaban J connectivity index is 2.01. The molecule has 1 aromatic heterocycles. The van der Waals surface area contributed by atoms with Gasteiger partial charge >= 0.3 is 5.97 Å². The Hall–Kier alpha value is -2.70. The SMILES string of the molecule is O=C(NCc1ccccc1F)c1cc(C(=O)O)on1. The van der Waals surface area contributed by atoms with Gasteiger partial charge in [0.2, 0.25) is 5.76 Å². The van der Waals surface area contributed by atoms with Crippen molar-refractivity contribution in [3.8, 4) is 0 Å². The van der Waals surface area contributed by atoms with Crippen LogP contribution in [0.5, 0.6) is 0 Å². The van der Waals surface area contributed by atoms with Crippen LogP contribution in [0.2, 0.25) is 0 Å². The minimum atomic E-state index is -1.32. The van der Waals surface area contributed by atoms with Gasteiger partial charge in [-0.3, -0.25) is 4.79 Å². The highest BCUT2D eigenvalue weighted by Crippen LogP contribution is 2.07. The normalized spacial score (nSPS) is 10.2. The first kappa shape index (κ1) is 12.7. The van der Waals surface area contributed by atoms with E-state index in [4.69, 9.17) is 5.11 Å². The summed E-state index contributed by atoms with van der Waals surface area (Å²) >= 11 is 0. The van der Waals surface area contributed by atoms with E-state index in [0.29, 0.717) is 5.56 Å². The molecule has 0 aliphatic rings. The molecule has 1 aromatic carbocycles. The van der Waals surface area contributed by atoms with Crippen molar-refractivity contribution in [1.29, 1.82) is 0 Å². The Morgan fingerprint density at radius 1 is 1.37 bits per heavy atom. The molecule has 0 radical (unpaired) electrons. The number of hydrogen-bond acceptors (Lipinski definition) is 4. The highest BCUT2D eigenvalue weighted by atomic mass is 19.1. The standard InChI is InChI=1S/C12H9FN2O4/c13-8-4-2-1-3-7(8)6-14-11(16)9-5-10(12(17)18)19-15-9/h1-5H,6H2,(H,14,16)(H,17,18). The van der Waals surface area contributed by atoms with Crippen LogP contribution in [0.25, 0.3) is 0 Å². The van der Waals surface area contributed by atoms with Gasteiger partial charge in [-0.2, -0.15) is 0 Å². The van der Waals surface area contributed by atoms with Crippen LogP contribution in [-0.4, -0.2) is 22.1 Å². The Morgan fingerprint density at radius 3 is 2.74 bits per heavy atom. The van der Waals surface area contributed by atoms with Gasteiger partial charge in [-0.1, -0.05) is 23.4 Å². The van der Waals surface area contributed by atoms with E-state index in [2.05, 4.69) is 15.0 Å². The number of nitrogens with one attached hydrogen (secondary N) is 1. The van der Waals surface area contributed by atoms with Gasteiger partial charge in [0, 0.05) is 18.2 Å². The Bertz CT molecular complexity index is 624. The average molecular weight is 264 g/mol. The summed E-state index contributed by atoms with van der Waals surface area (Å²) in [5.41, 5.74) is 0.145. The van der Waals surface area contributed by atoms with E-state index in [0.717, 1.165) is 6.07 Å². The lowest BCUT2D eigenvalue weighted by Crippen LogP contribution is -2.23. The number of aromatic nitrogens is 1. The number of benzene rings is 1. The molecule has 0 aliphatic heterocycles. The molecule has 0 spiro atoms. The Kier molecular flexibility index (Phi) is 3.56. The number of rotatable bonds is 4. The van der Waals surface area contributed by atoms with E-state index < -0.39 is 23.5 Å². The fourth-order valence-electron chi connectivity index (χ4n) is 1.39. The largest absolute Gasteiger partial charge is 0.475 e. The van der Waals surface area contributed by atoms with Gasteiger partial charge in [-0.25, -0.2) is 9.18 Å². The lowest BCUT2D eigenvalue weighted by atomic mass is 10.2. The van der Waals surface area contributed by atoms with Crippen molar-refractivity contribution in [1.82, 2.24) is 10.5 Å². The molecule has 0 aliphatic carbocycles. The molecule has 0 fully saturated rings. The smallest absolute Gasteiger partial charge is 0.374 e.